The molecule has 0 fully saturated rings. The van der Waals surface area contributed by atoms with Gasteiger partial charge in [-0.25, -0.2) is 8.42 Å². The van der Waals surface area contributed by atoms with Crippen LogP contribution >= 0.6 is 0 Å². The number of para-hydroxylation sites is 1. The van der Waals surface area contributed by atoms with Crippen LogP contribution in [0, 0.1) is 0 Å². The molecule has 1 amide bonds. The first-order valence-electron chi connectivity index (χ1n) is 11.2. The van der Waals surface area contributed by atoms with Gasteiger partial charge in [0.15, 0.2) is 0 Å². The van der Waals surface area contributed by atoms with Crippen LogP contribution in [-0.4, -0.2) is 27.1 Å². The summed E-state index contributed by atoms with van der Waals surface area (Å²) < 4.78 is 26.7. The Labute approximate surface area is 197 Å². The summed E-state index contributed by atoms with van der Waals surface area (Å²) in [5.74, 6) is 0.253. The fraction of sp³-hybridized carbons (Fsp3) is 0.296. The molecular formula is C27H32N2O3S. The molecule has 0 radical (unpaired) electrons. The predicted octanol–water partition coefficient (Wildman–Crippen LogP) is 5.31. The van der Waals surface area contributed by atoms with Crippen molar-refractivity contribution in [2.75, 3.05) is 17.1 Å². The number of hydrogen-bond donors (Lipinski definition) is 1. The molecule has 3 rings (SSSR count). The summed E-state index contributed by atoms with van der Waals surface area (Å²) in [6.07, 6.45) is 1.22. The SMILES string of the molecule is CC(C)c1ccccc1N(Cc1ccc(C(=O)NC[C@@H](C)c2ccccc2)cc1)S(C)(=O)=O. The molecule has 0 spiro atoms. The summed E-state index contributed by atoms with van der Waals surface area (Å²) in [4.78, 5) is 12.6. The second kappa shape index (κ2) is 10.7. The van der Waals surface area contributed by atoms with Crippen molar-refractivity contribution < 1.29 is 13.2 Å². The quantitative estimate of drug-likeness (QED) is 0.467. The van der Waals surface area contributed by atoms with Crippen molar-refractivity contribution in [3.8, 4) is 0 Å². The molecular weight excluding hydrogens is 432 g/mol. The second-order valence-electron chi connectivity index (χ2n) is 8.70. The number of carbonyl (C=O) groups is 1. The van der Waals surface area contributed by atoms with Crippen molar-refractivity contribution in [1.82, 2.24) is 5.32 Å². The predicted molar refractivity (Wildman–Crippen MR) is 135 cm³/mol. The van der Waals surface area contributed by atoms with Gasteiger partial charge in [0.25, 0.3) is 5.91 Å². The van der Waals surface area contributed by atoms with Gasteiger partial charge in [0, 0.05) is 12.1 Å². The number of amides is 1. The van der Waals surface area contributed by atoms with Crippen LogP contribution in [0.1, 0.15) is 59.7 Å². The van der Waals surface area contributed by atoms with E-state index in [1.165, 1.54) is 16.1 Å². The maximum atomic E-state index is 12.6. The number of nitrogens with zero attached hydrogens (tertiary/aromatic N) is 1. The fourth-order valence-electron chi connectivity index (χ4n) is 3.76. The highest BCUT2D eigenvalue weighted by molar-refractivity contribution is 7.92. The van der Waals surface area contributed by atoms with E-state index in [1.807, 2.05) is 68.4 Å². The van der Waals surface area contributed by atoms with Gasteiger partial charge in [-0.3, -0.25) is 9.10 Å². The van der Waals surface area contributed by atoms with E-state index >= 15 is 0 Å². The fourth-order valence-corrected chi connectivity index (χ4v) is 4.67. The Morgan fingerprint density at radius 3 is 2.09 bits per heavy atom. The van der Waals surface area contributed by atoms with E-state index in [0.717, 1.165) is 11.1 Å². The molecule has 3 aromatic rings. The number of nitrogens with one attached hydrogen (secondary N) is 1. The van der Waals surface area contributed by atoms with Gasteiger partial charge in [0.2, 0.25) is 10.0 Å². The number of sulfonamides is 1. The number of anilines is 1. The van der Waals surface area contributed by atoms with Crippen molar-refractivity contribution in [3.63, 3.8) is 0 Å². The summed E-state index contributed by atoms with van der Waals surface area (Å²) in [5, 5.41) is 2.98. The Hall–Kier alpha value is -3.12. The Bertz CT molecular complexity index is 1170. The van der Waals surface area contributed by atoms with Crippen LogP contribution < -0.4 is 9.62 Å². The van der Waals surface area contributed by atoms with E-state index in [2.05, 4.69) is 24.4 Å². The van der Waals surface area contributed by atoms with Crippen molar-refractivity contribution in [2.24, 2.45) is 0 Å². The van der Waals surface area contributed by atoms with Gasteiger partial charge in [-0.2, -0.15) is 0 Å². The molecule has 0 saturated heterocycles. The van der Waals surface area contributed by atoms with Gasteiger partial charge in [0.1, 0.15) is 0 Å². The topological polar surface area (TPSA) is 66.5 Å². The summed E-state index contributed by atoms with van der Waals surface area (Å²) in [6.45, 7) is 6.91. The number of hydrogen-bond acceptors (Lipinski definition) is 3. The van der Waals surface area contributed by atoms with Gasteiger partial charge in [-0.15, -0.1) is 0 Å². The second-order valence-corrected chi connectivity index (χ2v) is 10.6. The smallest absolute Gasteiger partial charge is 0.251 e. The molecule has 0 unspecified atom stereocenters. The highest BCUT2D eigenvalue weighted by atomic mass is 32.2. The normalized spacial score (nSPS) is 12.4. The van der Waals surface area contributed by atoms with Crippen molar-refractivity contribution in [3.05, 3.63) is 101 Å². The van der Waals surface area contributed by atoms with E-state index in [1.54, 1.807) is 12.1 Å². The monoisotopic (exact) mass is 464 g/mol. The van der Waals surface area contributed by atoms with Crippen LogP contribution in [-0.2, 0) is 16.6 Å². The molecule has 0 aliphatic heterocycles. The largest absolute Gasteiger partial charge is 0.351 e. The molecule has 0 bridgehead atoms. The molecule has 0 aliphatic rings. The number of benzene rings is 3. The van der Waals surface area contributed by atoms with Gasteiger partial charge in [-0.05, 0) is 46.7 Å². The lowest BCUT2D eigenvalue weighted by atomic mass is 10.0. The minimum Gasteiger partial charge on any atom is -0.351 e. The van der Waals surface area contributed by atoms with Crippen molar-refractivity contribution in [2.45, 2.75) is 39.2 Å². The standard InChI is InChI=1S/C27H32N2O3S/c1-20(2)25-12-8-9-13-26(25)29(33(4,31)32)19-22-14-16-24(17-15-22)27(30)28-18-21(3)23-10-6-5-7-11-23/h5-17,20-21H,18-19H2,1-4H3,(H,28,30)/t21-/m1/s1. The van der Waals surface area contributed by atoms with Gasteiger partial charge < -0.3 is 5.32 Å². The first-order valence-corrected chi connectivity index (χ1v) is 13.0. The Kier molecular flexibility index (Phi) is 7.92. The van der Waals surface area contributed by atoms with Gasteiger partial charge in [-0.1, -0.05) is 81.4 Å². The molecule has 0 saturated carbocycles. The molecule has 3 aromatic carbocycles. The third-order valence-corrected chi connectivity index (χ3v) is 6.83. The Balaban J connectivity index is 1.71. The molecule has 5 nitrogen and oxygen atoms in total. The number of rotatable bonds is 9. The zero-order valence-electron chi connectivity index (χ0n) is 19.7. The van der Waals surface area contributed by atoms with E-state index in [-0.39, 0.29) is 24.3 Å². The van der Waals surface area contributed by atoms with Crippen molar-refractivity contribution >= 4 is 21.6 Å². The average Bonchev–Trinajstić information content (AvgIpc) is 2.81. The molecule has 33 heavy (non-hydrogen) atoms. The molecule has 1 N–H and O–H groups in total. The van der Waals surface area contributed by atoms with Gasteiger partial charge in [0.05, 0.1) is 18.5 Å². The molecule has 1 atom stereocenters. The van der Waals surface area contributed by atoms with E-state index in [0.29, 0.717) is 17.8 Å². The molecule has 0 aromatic heterocycles. The van der Waals surface area contributed by atoms with Crippen LogP contribution in [0.25, 0.3) is 0 Å². The molecule has 0 aliphatic carbocycles. The highest BCUT2D eigenvalue weighted by Crippen LogP contribution is 2.30. The molecule has 0 heterocycles. The van der Waals surface area contributed by atoms with Crippen LogP contribution in [0.5, 0.6) is 0 Å². The first-order chi connectivity index (χ1) is 15.7. The Morgan fingerprint density at radius 2 is 1.48 bits per heavy atom. The first kappa shape index (κ1) is 24.5. The third-order valence-electron chi connectivity index (χ3n) is 5.71. The molecule has 174 valence electrons. The number of carbonyl (C=O) groups excluding carboxylic acids is 1. The lowest BCUT2D eigenvalue weighted by molar-refractivity contribution is 0.0951. The van der Waals surface area contributed by atoms with Crippen LogP contribution in [0.15, 0.2) is 78.9 Å². The summed E-state index contributed by atoms with van der Waals surface area (Å²) >= 11 is 0. The zero-order valence-corrected chi connectivity index (χ0v) is 20.5. The summed E-state index contributed by atoms with van der Waals surface area (Å²) in [6, 6.07) is 24.7. The minimum atomic E-state index is -3.49. The highest BCUT2D eigenvalue weighted by Gasteiger charge is 2.22. The third kappa shape index (κ3) is 6.45. The van der Waals surface area contributed by atoms with Crippen LogP contribution in [0.2, 0.25) is 0 Å². The minimum absolute atomic E-state index is 0.144. The maximum Gasteiger partial charge on any atom is 0.251 e. The van der Waals surface area contributed by atoms with Crippen LogP contribution in [0.4, 0.5) is 5.69 Å². The maximum absolute atomic E-state index is 12.6. The van der Waals surface area contributed by atoms with E-state index < -0.39 is 10.0 Å². The zero-order chi connectivity index (χ0) is 24.0. The Morgan fingerprint density at radius 1 is 0.879 bits per heavy atom. The van der Waals surface area contributed by atoms with Gasteiger partial charge >= 0.3 is 0 Å². The lowest BCUT2D eigenvalue weighted by Gasteiger charge is -2.26. The lowest BCUT2D eigenvalue weighted by Crippen LogP contribution is -2.30. The summed E-state index contributed by atoms with van der Waals surface area (Å²) in [7, 11) is -3.49. The van der Waals surface area contributed by atoms with E-state index in [4.69, 9.17) is 0 Å². The van der Waals surface area contributed by atoms with Crippen molar-refractivity contribution in [1.29, 1.82) is 0 Å². The average molecular weight is 465 g/mol. The van der Waals surface area contributed by atoms with Crippen LogP contribution in [0.3, 0.4) is 0 Å². The molecule has 6 heteroatoms. The van der Waals surface area contributed by atoms with E-state index in [9.17, 15) is 13.2 Å². The summed E-state index contributed by atoms with van der Waals surface area (Å²) in [5.41, 5.74) is 4.20.